The van der Waals surface area contributed by atoms with Crippen molar-refractivity contribution in [2.45, 2.75) is 40.5 Å². The van der Waals surface area contributed by atoms with Crippen LogP contribution in [0, 0.1) is 39.3 Å². The molecule has 364 valence electrons. The second-order valence-electron chi connectivity index (χ2n) is 18.0. The Kier molecular flexibility index (Phi) is 16.1. The molecule has 69 heavy (non-hydrogen) atoms. The van der Waals surface area contributed by atoms with Crippen molar-refractivity contribution in [2.24, 2.45) is 0 Å². The van der Waals surface area contributed by atoms with Gasteiger partial charge in [0.1, 0.15) is 29.3 Å². The average Bonchev–Trinajstić information content (AvgIpc) is 3.93. The molecule has 6 heterocycles. The summed E-state index contributed by atoms with van der Waals surface area (Å²) in [6, 6.07) is 17.7. The van der Waals surface area contributed by atoms with Crippen LogP contribution >= 0.6 is 11.6 Å². The van der Waals surface area contributed by atoms with E-state index >= 15 is 4.39 Å². The molecule has 0 atom stereocenters. The summed E-state index contributed by atoms with van der Waals surface area (Å²) in [5, 5.41) is 12.0. The fraction of sp³-hybridized carbons (Fsp3) is 0.385. The molecule has 14 nitrogen and oxygen atoms in total. The van der Waals surface area contributed by atoms with Gasteiger partial charge in [-0.05, 0) is 114 Å². The summed E-state index contributed by atoms with van der Waals surface area (Å²) in [4.78, 5) is 32.8. The molecule has 0 spiro atoms. The van der Waals surface area contributed by atoms with Crippen LogP contribution in [-0.2, 0) is 0 Å². The quantitative estimate of drug-likeness (QED) is 0.0793. The third-order valence-corrected chi connectivity index (χ3v) is 12.9. The van der Waals surface area contributed by atoms with E-state index < -0.39 is 11.6 Å². The van der Waals surface area contributed by atoms with E-state index in [-0.39, 0.29) is 11.5 Å². The number of benzene rings is 4. The third kappa shape index (κ3) is 12.4. The SMILES string of the molecule is Cc1cc2c(Cl)ncnc2cc1OCCCN1CCN(C)CC1.Cc1cc2c(F)c(O)ccc2[nH]1.Cc1cc2c(F)c(Oc3ncnc4cc(OCCCN5CCN(C)CC5)c(C)cc34)ccc2[nH]1. The number of phenols is 1. The zero-order valence-corrected chi connectivity index (χ0v) is 41.0. The number of H-pyrrole nitrogens is 2. The fourth-order valence-corrected chi connectivity index (χ4v) is 8.77. The smallest absolute Gasteiger partial charge is 0.230 e. The molecule has 0 amide bonds. The first kappa shape index (κ1) is 49.3. The Balaban J connectivity index is 0.000000157. The highest BCUT2D eigenvalue weighted by Gasteiger charge is 2.18. The summed E-state index contributed by atoms with van der Waals surface area (Å²) in [5.41, 5.74) is 6.77. The van der Waals surface area contributed by atoms with Gasteiger partial charge in [-0.3, -0.25) is 0 Å². The number of nitrogens with zero attached hydrogens (tertiary/aromatic N) is 8. The molecule has 3 N–H and O–H groups in total. The Labute approximate surface area is 406 Å². The van der Waals surface area contributed by atoms with E-state index in [0.717, 1.165) is 141 Å². The van der Waals surface area contributed by atoms with Crippen molar-refractivity contribution in [3.63, 3.8) is 0 Å². The maximum Gasteiger partial charge on any atom is 0.230 e. The minimum Gasteiger partial charge on any atom is -0.505 e. The zero-order chi connectivity index (χ0) is 48.6. The number of hydrogen-bond acceptors (Lipinski definition) is 12. The van der Waals surface area contributed by atoms with Gasteiger partial charge in [0.2, 0.25) is 5.88 Å². The molecule has 0 saturated carbocycles. The molecular formula is C52H61ClF2N10O4. The second kappa shape index (κ2) is 22.5. The van der Waals surface area contributed by atoms with Crippen LogP contribution in [0.1, 0.15) is 35.4 Å². The number of phenolic OH excluding ortho intramolecular Hbond substituents is 1. The van der Waals surface area contributed by atoms with Crippen LogP contribution in [0.3, 0.4) is 0 Å². The summed E-state index contributed by atoms with van der Waals surface area (Å²) in [6.45, 7) is 20.3. The second-order valence-corrected chi connectivity index (χ2v) is 18.4. The first-order valence-electron chi connectivity index (χ1n) is 23.5. The molecule has 17 heteroatoms. The van der Waals surface area contributed by atoms with Gasteiger partial charge < -0.3 is 48.9 Å². The van der Waals surface area contributed by atoms with Gasteiger partial charge in [-0.15, -0.1) is 0 Å². The molecule has 0 aliphatic carbocycles. The predicted molar refractivity (Wildman–Crippen MR) is 269 cm³/mol. The first-order valence-corrected chi connectivity index (χ1v) is 23.8. The molecule has 2 aliphatic rings. The number of aryl methyl sites for hydroxylation is 4. The molecule has 2 saturated heterocycles. The summed E-state index contributed by atoms with van der Waals surface area (Å²) < 4.78 is 46.1. The van der Waals surface area contributed by atoms with E-state index in [1.165, 1.54) is 18.7 Å². The highest BCUT2D eigenvalue weighted by atomic mass is 35.5. The summed E-state index contributed by atoms with van der Waals surface area (Å²) in [6.07, 6.45) is 4.92. The molecule has 4 aromatic heterocycles. The van der Waals surface area contributed by atoms with Crippen molar-refractivity contribution in [1.29, 1.82) is 0 Å². The van der Waals surface area contributed by atoms with Gasteiger partial charge in [0, 0.05) is 116 Å². The van der Waals surface area contributed by atoms with E-state index in [2.05, 4.69) is 63.6 Å². The van der Waals surface area contributed by atoms with Crippen molar-refractivity contribution in [1.82, 2.24) is 49.5 Å². The number of rotatable bonds is 12. The number of likely N-dealkylation sites (N-methyl/N-ethyl adjacent to an activating group) is 2. The lowest BCUT2D eigenvalue weighted by Gasteiger charge is -2.32. The number of fused-ring (bicyclic) bond motifs is 4. The normalized spacial score (nSPS) is 15.0. The number of hydrogen-bond donors (Lipinski definition) is 3. The van der Waals surface area contributed by atoms with Gasteiger partial charge in [-0.1, -0.05) is 11.6 Å². The Bertz CT molecular complexity index is 3020. The van der Waals surface area contributed by atoms with Crippen LogP contribution in [0.15, 0.2) is 73.3 Å². The summed E-state index contributed by atoms with van der Waals surface area (Å²) >= 11 is 6.10. The minimum atomic E-state index is -0.558. The lowest BCUT2D eigenvalue weighted by molar-refractivity contribution is 0.145. The first-order chi connectivity index (χ1) is 33.3. The Morgan fingerprint density at radius 3 is 1.64 bits per heavy atom. The van der Waals surface area contributed by atoms with E-state index in [1.54, 1.807) is 24.3 Å². The molecule has 8 aromatic rings. The predicted octanol–water partition coefficient (Wildman–Crippen LogP) is 9.60. The summed E-state index contributed by atoms with van der Waals surface area (Å²) in [5.74, 6) is 0.856. The maximum atomic E-state index is 15.0. The van der Waals surface area contributed by atoms with Gasteiger partial charge in [-0.25, -0.2) is 28.7 Å². The lowest BCUT2D eigenvalue weighted by Crippen LogP contribution is -2.44. The van der Waals surface area contributed by atoms with Gasteiger partial charge in [0.05, 0.1) is 29.6 Å². The fourth-order valence-electron chi connectivity index (χ4n) is 8.57. The van der Waals surface area contributed by atoms with Crippen LogP contribution in [0.2, 0.25) is 5.15 Å². The van der Waals surface area contributed by atoms with E-state index in [9.17, 15) is 4.39 Å². The van der Waals surface area contributed by atoms with E-state index in [4.69, 9.17) is 30.9 Å². The van der Waals surface area contributed by atoms with Gasteiger partial charge in [0.25, 0.3) is 0 Å². The molecule has 0 bridgehead atoms. The van der Waals surface area contributed by atoms with E-state index in [1.807, 2.05) is 58.0 Å². The maximum absolute atomic E-state index is 15.0. The van der Waals surface area contributed by atoms with Crippen molar-refractivity contribution in [3.8, 4) is 28.9 Å². The minimum absolute atomic E-state index is 0.133. The zero-order valence-electron chi connectivity index (χ0n) is 40.2. The molecule has 10 rings (SSSR count). The van der Waals surface area contributed by atoms with Gasteiger partial charge in [0.15, 0.2) is 23.1 Å². The highest BCUT2D eigenvalue weighted by Crippen LogP contribution is 2.35. The Morgan fingerprint density at radius 1 is 0.580 bits per heavy atom. The number of aromatic nitrogens is 6. The van der Waals surface area contributed by atoms with Crippen LogP contribution in [0.4, 0.5) is 8.78 Å². The largest absolute Gasteiger partial charge is 0.505 e. The van der Waals surface area contributed by atoms with Crippen molar-refractivity contribution in [3.05, 3.63) is 113 Å². The average molecular weight is 964 g/mol. The molecular weight excluding hydrogens is 902 g/mol. The number of aromatic hydroxyl groups is 1. The van der Waals surface area contributed by atoms with Crippen LogP contribution in [0.25, 0.3) is 43.6 Å². The monoisotopic (exact) mass is 962 g/mol. The highest BCUT2D eigenvalue weighted by molar-refractivity contribution is 6.34. The van der Waals surface area contributed by atoms with E-state index in [0.29, 0.717) is 39.4 Å². The number of piperazine rings is 2. The van der Waals surface area contributed by atoms with Crippen molar-refractivity contribution in [2.75, 3.05) is 92.8 Å². The lowest BCUT2D eigenvalue weighted by atomic mass is 10.1. The Morgan fingerprint density at radius 2 is 1.07 bits per heavy atom. The number of ether oxygens (including phenoxy) is 3. The molecule has 2 aliphatic heterocycles. The van der Waals surface area contributed by atoms with Crippen LogP contribution < -0.4 is 14.2 Å². The molecule has 0 radical (unpaired) electrons. The van der Waals surface area contributed by atoms with Crippen LogP contribution in [-0.4, -0.2) is 147 Å². The summed E-state index contributed by atoms with van der Waals surface area (Å²) in [7, 11) is 4.35. The molecule has 4 aromatic carbocycles. The number of aromatic amines is 2. The standard InChI is InChI=1S/C26H30FN5O2.C17H23ClN4O.C9H8FNO/c1-17-13-20-22(15-24(17)33-12-4-7-32-10-8-31(3)9-11-32)28-16-29-26(20)34-23-6-5-21-19(25(23)27)14-18(2)30-21;1-13-10-14-15(19-12-20-17(14)18)11-16(13)23-9-3-4-22-7-5-21(2)6-8-22;1-5-4-6-7(11-5)2-3-8(12)9(6)10/h5-6,13-16,30H,4,7-12H2,1-3H3;10-12H,3-9H2,1-2H3;2-4,11-12H,1H3. The molecule has 0 unspecified atom stereocenters. The van der Waals surface area contributed by atoms with Crippen molar-refractivity contribution < 1.29 is 28.1 Å². The Hall–Kier alpha value is -6.17. The van der Waals surface area contributed by atoms with Gasteiger partial charge >= 0.3 is 0 Å². The number of halogens is 3. The van der Waals surface area contributed by atoms with Crippen LogP contribution in [0.5, 0.6) is 28.9 Å². The van der Waals surface area contributed by atoms with Gasteiger partial charge in [-0.2, -0.15) is 0 Å². The topological polar surface area (TPSA) is 144 Å². The third-order valence-electron chi connectivity index (χ3n) is 12.6. The molecule has 2 fully saturated rings. The number of nitrogens with one attached hydrogen (secondary N) is 2. The van der Waals surface area contributed by atoms with Crippen molar-refractivity contribution >= 4 is 55.2 Å².